The first-order valence-electron chi connectivity index (χ1n) is 5.95. The predicted octanol–water partition coefficient (Wildman–Crippen LogP) is 1.68. The lowest BCUT2D eigenvalue weighted by Crippen LogP contribution is -2.07. The Kier molecular flexibility index (Phi) is 3.93. The zero-order valence-electron chi connectivity index (χ0n) is 11.8. The Morgan fingerprint density at radius 3 is 2.15 bits per heavy atom. The second-order valence-corrected chi connectivity index (χ2v) is 4.11. The molecular weight excluding hydrogens is 260 g/mol. The van der Waals surface area contributed by atoms with Gasteiger partial charge < -0.3 is 14.2 Å². The van der Waals surface area contributed by atoms with Crippen LogP contribution in [0.5, 0.6) is 17.2 Å². The van der Waals surface area contributed by atoms with Crippen LogP contribution in [-0.4, -0.2) is 36.9 Å². The van der Waals surface area contributed by atoms with Crippen molar-refractivity contribution in [2.75, 3.05) is 21.3 Å². The third-order valence-corrected chi connectivity index (χ3v) is 2.90. The fraction of sp³-hybridized carbons (Fsp3) is 0.286. The van der Waals surface area contributed by atoms with Crippen LogP contribution >= 0.6 is 0 Å². The molecule has 6 nitrogen and oxygen atoms in total. The summed E-state index contributed by atoms with van der Waals surface area (Å²) in [4.78, 5) is 12.5. The molecule has 1 aromatic carbocycles. The van der Waals surface area contributed by atoms with E-state index in [4.69, 9.17) is 14.2 Å². The van der Waals surface area contributed by atoms with E-state index >= 15 is 0 Å². The fourth-order valence-corrected chi connectivity index (χ4v) is 1.88. The van der Waals surface area contributed by atoms with Gasteiger partial charge in [0.2, 0.25) is 5.78 Å². The molecule has 0 aliphatic carbocycles. The zero-order chi connectivity index (χ0) is 14.7. The van der Waals surface area contributed by atoms with Gasteiger partial charge >= 0.3 is 0 Å². The van der Waals surface area contributed by atoms with E-state index < -0.39 is 0 Å². The van der Waals surface area contributed by atoms with E-state index in [0.29, 0.717) is 28.5 Å². The van der Waals surface area contributed by atoms with Crippen molar-refractivity contribution >= 4 is 5.78 Å². The highest BCUT2D eigenvalue weighted by Crippen LogP contribution is 2.35. The highest BCUT2D eigenvalue weighted by Gasteiger charge is 2.20. The standard InChI is InChI=1S/C14H16N2O4/c1-16-6-5-10(15-16)14(17)9-7-12(19-3)13(20-4)8-11(9)18-2/h5-8H,1-4H3. The molecule has 0 radical (unpaired) electrons. The quantitative estimate of drug-likeness (QED) is 0.777. The number of rotatable bonds is 5. The van der Waals surface area contributed by atoms with Gasteiger partial charge in [0.1, 0.15) is 11.4 Å². The molecule has 0 aliphatic heterocycles. The third-order valence-electron chi connectivity index (χ3n) is 2.90. The highest BCUT2D eigenvalue weighted by atomic mass is 16.5. The lowest BCUT2D eigenvalue weighted by Gasteiger charge is -2.12. The molecule has 0 spiro atoms. The molecule has 0 fully saturated rings. The SMILES string of the molecule is COc1cc(OC)c(C(=O)c2ccn(C)n2)cc1OC. The Morgan fingerprint density at radius 2 is 1.65 bits per heavy atom. The van der Waals surface area contributed by atoms with Gasteiger partial charge in [0.05, 0.1) is 26.9 Å². The molecule has 0 unspecified atom stereocenters. The van der Waals surface area contributed by atoms with Gasteiger partial charge in [-0.25, -0.2) is 0 Å². The number of carbonyl (C=O) groups excluding carboxylic acids is 1. The lowest BCUT2D eigenvalue weighted by atomic mass is 10.1. The van der Waals surface area contributed by atoms with E-state index in [0.717, 1.165) is 0 Å². The maximum atomic E-state index is 12.5. The normalized spacial score (nSPS) is 10.2. The summed E-state index contributed by atoms with van der Waals surface area (Å²) in [7, 11) is 6.29. The second kappa shape index (κ2) is 5.64. The Labute approximate surface area is 116 Å². The van der Waals surface area contributed by atoms with Crippen molar-refractivity contribution in [1.82, 2.24) is 9.78 Å². The van der Waals surface area contributed by atoms with Gasteiger partial charge in [0.25, 0.3) is 0 Å². The topological polar surface area (TPSA) is 62.6 Å². The van der Waals surface area contributed by atoms with Gasteiger partial charge in [-0.05, 0) is 12.1 Å². The number of nitrogens with zero attached hydrogens (tertiary/aromatic N) is 2. The van der Waals surface area contributed by atoms with E-state index in [1.807, 2.05) is 0 Å². The van der Waals surface area contributed by atoms with E-state index in [-0.39, 0.29) is 5.78 Å². The van der Waals surface area contributed by atoms with E-state index in [1.165, 1.54) is 21.3 Å². The predicted molar refractivity (Wildman–Crippen MR) is 72.7 cm³/mol. The van der Waals surface area contributed by atoms with Crippen LogP contribution in [0.2, 0.25) is 0 Å². The Bertz CT molecular complexity index is 634. The summed E-state index contributed by atoms with van der Waals surface area (Å²) in [6.45, 7) is 0. The summed E-state index contributed by atoms with van der Waals surface area (Å²) in [5, 5.41) is 4.10. The molecule has 106 valence electrons. The van der Waals surface area contributed by atoms with Gasteiger partial charge in [0.15, 0.2) is 11.5 Å². The van der Waals surface area contributed by atoms with Gasteiger partial charge in [-0.15, -0.1) is 0 Å². The highest BCUT2D eigenvalue weighted by molar-refractivity contribution is 6.09. The number of benzene rings is 1. The molecule has 0 amide bonds. The van der Waals surface area contributed by atoms with Crippen LogP contribution in [-0.2, 0) is 7.05 Å². The van der Waals surface area contributed by atoms with Gasteiger partial charge in [-0.3, -0.25) is 9.48 Å². The average Bonchev–Trinajstić information content (AvgIpc) is 2.91. The number of hydrogen-bond acceptors (Lipinski definition) is 5. The summed E-state index contributed by atoms with van der Waals surface area (Å²) in [5.74, 6) is 1.15. The van der Waals surface area contributed by atoms with Crippen molar-refractivity contribution in [3.63, 3.8) is 0 Å². The molecule has 0 saturated carbocycles. The smallest absolute Gasteiger partial charge is 0.217 e. The minimum absolute atomic E-state index is 0.233. The second-order valence-electron chi connectivity index (χ2n) is 4.11. The monoisotopic (exact) mass is 276 g/mol. The van der Waals surface area contributed by atoms with Crippen LogP contribution in [0.15, 0.2) is 24.4 Å². The summed E-state index contributed by atoms with van der Waals surface area (Å²) >= 11 is 0. The maximum absolute atomic E-state index is 12.5. The number of aromatic nitrogens is 2. The van der Waals surface area contributed by atoms with E-state index in [1.54, 1.807) is 36.1 Å². The molecule has 1 aromatic heterocycles. The molecule has 0 aliphatic rings. The molecule has 2 rings (SSSR count). The van der Waals surface area contributed by atoms with Crippen LogP contribution in [0.4, 0.5) is 0 Å². The molecule has 0 atom stereocenters. The third kappa shape index (κ3) is 2.45. The molecule has 0 saturated heterocycles. The Hall–Kier alpha value is -2.50. The number of aryl methyl sites for hydroxylation is 1. The van der Waals surface area contributed by atoms with Crippen LogP contribution in [0, 0.1) is 0 Å². The van der Waals surface area contributed by atoms with Crippen molar-refractivity contribution in [2.24, 2.45) is 7.05 Å². The summed E-state index contributed by atoms with van der Waals surface area (Å²) in [6, 6.07) is 4.86. The summed E-state index contributed by atoms with van der Waals surface area (Å²) in [5.41, 5.74) is 0.724. The van der Waals surface area contributed by atoms with Gasteiger partial charge in [0, 0.05) is 19.3 Å². The van der Waals surface area contributed by atoms with Crippen LogP contribution < -0.4 is 14.2 Å². The number of ether oxygens (including phenoxy) is 3. The number of hydrogen-bond donors (Lipinski definition) is 0. The van der Waals surface area contributed by atoms with E-state index in [9.17, 15) is 4.79 Å². The van der Waals surface area contributed by atoms with E-state index in [2.05, 4.69) is 5.10 Å². The average molecular weight is 276 g/mol. The molecule has 6 heteroatoms. The fourth-order valence-electron chi connectivity index (χ4n) is 1.88. The molecule has 1 heterocycles. The Balaban J connectivity index is 2.52. The summed E-state index contributed by atoms with van der Waals surface area (Å²) < 4.78 is 17.2. The lowest BCUT2D eigenvalue weighted by molar-refractivity contribution is 0.103. The maximum Gasteiger partial charge on any atom is 0.217 e. The molecule has 0 bridgehead atoms. The summed E-state index contributed by atoms with van der Waals surface area (Å²) in [6.07, 6.45) is 1.71. The first-order chi connectivity index (χ1) is 9.60. The van der Waals surface area contributed by atoms with Crippen molar-refractivity contribution < 1.29 is 19.0 Å². The van der Waals surface area contributed by atoms with Gasteiger partial charge in [-0.2, -0.15) is 5.10 Å². The first kappa shape index (κ1) is 13.9. The minimum atomic E-state index is -0.233. The number of carbonyl (C=O) groups is 1. The molecule has 2 aromatic rings. The van der Waals surface area contributed by atoms with Crippen LogP contribution in [0.1, 0.15) is 16.1 Å². The van der Waals surface area contributed by atoms with Crippen molar-refractivity contribution in [3.8, 4) is 17.2 Å². The number of methoxy groups -OCH3 is 3. The molecule has 0 N–H and O–H groups in total. The van der Waals surface area contributed by atoms with Crippen molar-refractivity contribution in [2.45, 2.75) is 0 Å². The number of ketones is 1. The van der Waals surface area contributed by atoms with Gasteiger partial charge in [-0.1, -0.05) is 0 Å². The van der Waals surface area contributed by atoms with Crippen molar-refractivity contribution in [1.29, 1.82) is 0 Å². The minimum Gasteiger partial charge on any atom is -0.496 e. The Morgan fingerprint density at radius 1 is 1.05 bits per heavy atom. The largest absolute Gasteiger partial charge is 0.496 e. The van der Waals surface area contributed by atoms with Crippen LogP contribution in [0.3, 0.4) is 0 Å². The zero-order valence-corrected chi connectivity index (χ0v) is 11.8. The molecule has 20 heavy (non-hydrogen) atoms. The van der Waals surface area contributed by atoms with Crippen LogP contribution in [0.25, 0.3) is 0 Å². The first-order valence-corrected chi connectivity index (χ1v) is 5.95. The van der Waals surface area contributed by atoms with Crippen molar-refractivity contribution in [3.05, 3.63) is 35.7 Å². The molecular formula is C14H16N2O4.